The second kappa shape index (κ2) is 6.69. The highest BCUT2D eigenvalue weighted by molar-refractivity contribution is 7.17. The van der Waals surface area contributed by atoms with Crippen molar-refractivity contribution in [2.45, 2.75) is 13.5 Å². The summed E-state index contributed by atoms with van der Waals surface area (Å²) in [6.45, 7) is 1.83. The number of hydrogen-bond acceptors (Lipinski definition) is 6. The Kier molecular flexibility index (Phi) is 4.93. The van der Waals surface area contributed by atoms with Gasteiger partial charge >= 0.3 is 0 Å². The summed E-state index contributed by atoms with van der Waals surface area (Å²) in [7, 11) is 4.78. The first-order valence-corrected chi connectivity index (χ1v) is 7.14. The van der Waals surface area contributed by atoms with Crippen molar-refractivity contribution >= 4 is 17.1 Å². The molecule has 0 unspecified atom stereocenters. The summed E-state index contributed by atoms with van der Waals surface area (Å²) in [4.78, 5) is 16.8. The molecule has 0 fully saturated rings. The number of ketones is 1. The molecule has 0 aliphatic carbocycles. The van der Waals surface area contributed by atoms with Crippen molar-refractivity contribution in [3.63, 3.8) is 0 Å². The van der Waals surface area contributed by atoms with E-state index < -0.39 is 0 Å². The molecule has 0 N–H and O–H groups in total. The van der Waals surface area contributed by atoms with Gasteiger partial charge in [-0.1, -0.05) is 0 Å². The average molecular weight is 307 g/mol. The van der Waals surface area contributed by atoms with Gasteiger partial charge in [-0.2, -0.15) is 0 Å². The van der Waals surface area contributed by atoms with E-state index in [0.717, 1.165) is 5.56 Å². The number of ether oxygens (including phenoxy) is 3. The van der Waals surface area contributed by atoms with Crippen LogP contribution in [0, 0.1) is 0 Å². The number of nitrogens with zero attached hydrogens (tertiary/aromatic N) is 1. The van der Waals surface area contributed by atoms with Crippen LogP contribution in [-0.4, -0.2) is 32.1 Å². The lowest BCUT2D eigenvalue weighted by Crippen LogP contribution is -1.97. The molecule has 0 amide bonds. The van der Waals surface area contributed by atoms with E-state index in [-0.39, 0.29) is 5.78 Å². The van der Waals surface area contributed by atoms with Crippen LogP contribution < -0.4 is 9.47 Å². The Morgan fingerprint density at radius 2 is 2.00 bits per heavy atom. The topological polar surface area (TPSA) is 57.6 Å². The van der Waals surface area contributed by atoms with Crippen molar-refractivity contribution in [1.29, 1.82) is 0 Å². The molecular weight excluding hydrogens is 290 g/mol. The molecule has 5 nitrogen and oxygen atoms in total. The second-order valence-corrected chi connectivity index (χ2v) is 5.35. The van der Waals surface area contributed by atoms with Crippen LogP contribution in [0.15, 0.2) is 18.2 Å². The van der Waals surface area contributed by atoms with Crippen molar-refractivity contribution in [3.8, 4) is 22.1 Å². The van der Waals surface area contributed by atoms with Gasteiger partial charge in [-0.05, 0) is 18.2 Å². The molecule has 6 heteroatoms. The van der Waals surface area contributed by atoms with E-state index in [9.17, 15) is 4.79 Å². The van der Waals surface area contributed by atoms with E-state index in [1.54, 1.807) is 21.3 Å². The standard InChI is InChI=1S/C15H17NO4S/c1-9(17)14-12(8-18-2)16-15(21-14)11-7-10(19-3)5-6-13(11)20-4/h5-7H,8H2,1-4H3. The molecule has 112 valence electrons. The van der Waals surface area contributed by atoms with Gasteiger partial charge in [0, 0.05) is 14.0 Å². The fraction of sp³-hybridized carbons (Fsp3) is 0.333. The number of rotatable bonds is 6. The summed E-state index contributed by atoms with van der Waals surface area (Å²) in [6.07, 6.45) is 0. The zero-order chi connectivity index (χ0) is 15.4. The van der Waals surface area contributed by atoms with E-state index in [4.69, 9.17) is 14.2 Å². The molecule has 0 saturated heterocycles. The predicted molar refractivity (Wildman–Crippen MR) is 81.4 cm³/mol. The van der Waals surface area contributed by atoms with E-state index in [2.05, 4.69) is 4.98 Å². The van der Waals surface area contributed by atoms with Gasteiger partial charge in [-0.25, -0.2) is 4.98 Å². The van der Waals surface area contributed by atoms with Crippen LogP contribution in [-0.2, 0) is 11.3 Å². The summed E-state index contributed by atoms with van der Waals surface area (Å²) >= 11 is 1.33. The quantitative estimate of drug-likeness (QED) is 0.767. The highest BCUT2D eigenvalue weighted by Crippen LogP contribution is 2.37. The Morgan fingerprint density at radius 3 is 2.57 bits per heavy atom. The SMILES string of the molecule is COCc1nc(-c2cc(OC)ccc2OC)sc1C(C)=O. The van der Waals surface area contributed by atoms with E-state index in [1.807, 2.05) is 18.2 Å². The number of thiazole rings is 1. The largest absolute Gasteiger partial charge is 0.497 e. The number of benzene rings is 1. The third-order valence-corrected chi connectivity index (χ3v) is 4.17. The molecule has 1 aromatic carbocycles. The van der Waals surface area contributed by atoms with E-state index in [0.29, 0.717) is 33.7 Å². The lowest BCUT2D eigenvalue weighted by Gasteiger charge is -2.08. The highest BCUT2D eigenvalue weighted by Gasteiger charge is 2.18. The van der Waals surface area contributed by atoms with E-state index in [1.165, 1.54) is 18.3 Å². The molecule has 0 bridgehead atoms. The smallest absolute Gasteiger partial charge is 0.171 e. The highest BCUT2D eigenvalue weighted by atomic mass is 32.1. The minimum atomic E-state index is -0.0207. The first kappa shape index (κ1) is 15.5. The van der Waals surface area contributed by atoms with Crippen LogP contribution in [0.2, 0.25) is 0 Å². The summed E-state index contributed by atoms with van der Waals surface area (Å²) in [5, 5.41) is 0.711. The summed E-state index contributed by atoms with van der Waals surface area (Å²) in [5.41, 5.74) is 1.45. The molecule has 21 heavy (non-hydrogen) atoms. The number of carbonyl (C=O) groups is 1. The average Bonchev–Trinajstić information content (AvgIpc) is 2.91. The Bertz CT molecular complexity index is 651. The molecule has 1 heterocycles. The predicted octanol–water partition coefficient (Wildman–Crippen LogP) is 3.18. The summed E-state index contributed by atoms with van der Waals surface area (Å²) in [6, 6.07) is 5.48. The normalized spacial score (nSPS) is 10.5. The second-order valence-electron chi connectivity index (χ2n) is 4.35. The van der Waals surface area contributed by atoms with Gasteiger partial charge in [0.2, 0.25) is 0 Å². The zero-order valence-electron chi connectivity index (χ0n) is 12.4. The van der Waals surface area contributed by atoms with Crippen LogP contribution in [0.25, 0.3) is 10.6 Å². The van der Waals surface area contributed by atoms with Gasteiger partial charge in [0.05, 0.1) is 37.0 Å². The molecule has 0 spiro atoms. The van der Waals surface area contributed by atoms with Crippen LogP contribution in [0.5, 0.6) is 11.5 Å². The minimum Gasteiger partial charge on any atom is -0.497 e. The van der Waals surface area contributed by atoms with Crippen molar-refractivity contribution in [1.82, 2.24) is 4.98 Å². The van der Waals surface area contributed by atoms with Crippen LogP contribution in [0.3, 0.4) is 0 Å². The third-order valence-electron chi connectivity index (χ3n) is 2.94. The molecule has 0 atom stereocenters. The van der Waals surface area contributed by atoms with Gasteiger partial charge in [0.15, 0.2) is 5.78 Å². The Balaban J connectivity index is 2.55. The monoisotopic (exact) mass is 307 g/mol. The number of methoxy groups -OCH3 is 3. The van der Waals surface area contributed by atoms with Gasteiger partial charge in [-0.15, -0.1) is 11.3 Å². The first-order valence-electron chi connectivity index (χ1n) is 6.32. The van der Waals surface area contributed by atoms with Gasteiger partial charge in [-0.3, -0.25) is 4.79 Å². The fourth-order valence-corrected chi connectivity index (χ4v) is 2.94. The Hall–Kier alpha value is -1.92. The van der Waals surface area contributed by atoms with Crippen LogP contribution >= 0.6 is 11.3 Å². The van der Waals surface area contributed by atoms with Crippen molar-refractivity contribution in [2.75, 3.05) is 21.3 Å². The minimum absolute atomic E-state index is 0.0207. The molecule has 2 aromatic rings. The maximum absolute atomic E-state index is 11.7. The van der Waals surface area contributed by atoms with Crippen LogP contribution in [0.1, 0.15) is 22.3 Å². The van der Waals surface area contributed by atoms with Gasteiger partial charge in [0.1, 0.15) is 16.5 Å². The molecule has 2 rings (SSSR count). The summed E-state index contributed by atoms with van der Waals surface area (Å²) in [5.74, 6) is 1.37. The van der Waals surface area contributed by atoms with Crippen molar-refractivity contribution in [3.05, 3.63) is 28.8 Å². The molecule has 0 saturated carbocycles. The lowest BCUT2D eigenvalue weighted by molar-refractivity contribution is 0.101. The van der Waals surface area contributed by atoms with E-state index >= 15 is 0 Å². The molecule has 0 aliphatic rings. The van der Waals surface area contributed by atoms with Crippen molar-refractivity contribution in [2.24, 2.45) is 0 Å². The molecule has 1 aromatic heterocycles. The molecule has 0 radical (unpaired) electrons. The zero-order valence-corrected chi connectivity index (χ0v) is 13.2. The lowest BCUT2D eigenvalue weighted by atomic mass is 10.2. The number of Topliss-reactive ketones (excluding diaryl/α,β-unsaturated/α-hetero) is 1. The van der Waals surface area contributed by atoms with Crippen LogP contribution in [0.4, 0.5) is 0 Å². The van der Waals surface area contributed by atoms with Gasteiger partial charge in [0.25, 0.3) is 0 Å². The maximum Gasteiger partial charge on any atom is 0.171 e. The molecule has 0 aliphatic heterocycles. The third kappa shape index (κ3) is 3.22. The number of hydrogen-bond donors (Lipinski definition) is 0. The number of aromatic nitrogens is 1. The number of carbonyl (C=O) groups excluding carboxylic acids is 1. The Labute approximate surface area is 127 Å². The summed E-state index contributed by atoms with van der Waals surface area (Å²) < 4.78 is 15.7. The van der Waals surface area contributed by atoms with Crippen molar-refractivity contribution < 1.29 is 19.0 Å². The maximum atomic E-state index is 11.7. The molecular formula is C15H17NO4S. The fourth-order valence-electron chi connectivity index (χ4n) is 1.96. The first-order chi connectivity index (χ1) is 10.1. The Morgan fingerprint density at radius 1 is 1.24 bits per heavy atom. The van der Waals surface area contributed by atoms with Gasteiger partial charge < -0.3 is 14.2 Å².